The van der Waals surface area contributed by atoms with Gasteiger partial charge in [-0.2, -0.15) is 0 Å². The van der Waals surface area contributed by atoms with Gasteiger partial charge in [-0.1, -0.05) is 29.6 Å². The number of pyridine rings is 1. The summed E-state index contributed by atoms with van der Waals surface area (Å²) in [7, 11) is 0. The zero-order chi connectivity index (χ0) is 22.6. The Morgan fingerprint density at radius 1 is 1.16 bits per heavy atom. The molecule has 31 heavy (non-hydrogen) atoms. The minimum Gasteiger partial charge on any atom is -0.349 e. The van der Waals surface area contributed by atoms with Crippen LogP contribution >= 0.6 is 11.5 Å². The average molecular weight is 438 g/mol. The molecule has 0 saturated heterocycles. The SMILES string of the molecule is CCC(C)(C)NC(=O)[C@H](c1ccccn1)N(C(=O)c1csnn1)c1cccc(C)c1C. The highest BCUT2D eigenvalue weighted by molar-refractivity contribution is 7.03. The first-order valence-corrected chi connectivity index (χ1v) is 11.0. The molecule has 2 amide bonds. The molecular weight excluding hydrogens is 410 g/mol. The number of nitrogens with zero attached hydrogens (tertiary/aromatic N) is 4. The fourth-order valence-corrected chi connectivity index (χ4v) is 3.59. The molecule has 2 aromatic heterocycles. The third-order valence-electron chi connectivity index (χ3n) is 5.45. The molecule has 7 nitrogen and oxygen atoms in total. The van der Waals surface area contributed by atoms with Crippen LogP contribution in [0.1, 0.15) is 60.5 Å². The smallest absolute Gasteiger partial charge is 0.280 e. The van der Waals surface area contributed by atoms with Gasteiger partial charge in [0.25, 0.3) is 5.91 Å². The highest BCUT2D eigenvalue weighted by atomic mass is 32.1. The quantitative estimate of drug-likeness (QED) is 0.597. The lowest BCUT2D eigenvalue weighted by Crippen LogP contribution is -2.51. The number of anilines is 1. The summed E-state index contributed by atoms with van der Waals surface area (Å²) in [5.41, 5.74) is 2.78. The molecule has 1 aromatic carbocycles. The van der Waals surface area contributed by atoms with Crippen LogP contribution in [0.4, 0.5) is 5.69 Å². The summed E-state index contributed by atoms with van der Waals surface area (Å²) < 4.78 is 3.84. The molecule has 3 rings (SSSR count). The lowest BCUT2D eigenvalue weighted by molar-refractivity contribution is -0.124. The summed E-state index contributed by atoms with van der Waals surface area (Å²) in [6.45, 7) is 9.82. The van der Waals surface area contributed by atoms with Crippen LogP contribution in [-0.2, 0) is 4.79 Å². The molecule has 1 atom stereocenters. The number of aryl methyl sites for hydroxylation is 1. The van der Waals surface area contributed by atoms with Crippen molar-refractivity contribution in [2.24, 2.45) is 0 Å². The number of benzene rings is 1. The van der Waals surface area contributed by atoms with Gasteiger partial charge in [0, 0.05) is 22.8 Å². The first-order valence-electron chi connectivity index (χ1n) is 10.1. The van der Waals surface area contributed by atoms with Crippen LogP contribution < -0.4 is 10.2 Å². The summed E-state index contributed by atoms with van der Waals surface area (Å²) >= 11 is 1.09. The Balaban J connectivity index is 2.21. The van der Waals surface area contributed by atoms with Crippen molar-refractivity contribution in [3.8, 4) is 0 Å². The summed E-state index contributed by atoms with van der Waals surface area (Å²) in [6.07, 6.45) is 2.36. The van der Waals surface area contributed by atoms with Gasteiger partial charge < -0.3 is 5.32 Å². The Labute approximate surface area is 186 Å². The Kier molecular flexibility index (Phi) is 6.80. The van der Waals surface area contributed by atoms with Crippen LogP contribution in [-0.4, -0.2) is 31.9 Å². The molecule has 3 aromatic rings. The minimum atomic E-state index is -0.971. The van der Waals surface area contributed by atoms with E-state index in [0.29, 0.717) is 11.4 Å². The van der Waals surface area contributed by atoms with E-state index in [9.17, 15) is 9.59 Å². The van der Waals surface area contributed by atoms with Crippen LogP contribution in [0.25, 0.3) is 0 Å². The predicted molar refractivity (Wildman–Crippen MR) is 122 cm³/mol. The number of nitrogens with one attached hydrogen (secondary N) is 1. The van der Waals surface area contributed by atoms with E-state index in [-0.39, 0.29) is 11.6 Å². The van der Waals surface area contributed by atoms with E-state index in [0.717, 1.165) is 29.1 Å². The number of rotatable bonds is 7. The Morgan fingerprint density at radius 2 is 1.94 bits per heavy atom. The van der Waals surface area contributed by atoms with Crippen molar-refractivity contribution >= 4 is 29.0 Å². The third-order valence-corrected chi connectivity index (χ3v) is 5.96. The molecule has 0 unspecified atom stereocenters. The van der Waals surface area contributed by atoms with Crippen molar-refractivity contribution in [1.82, 2.24) is 19.9 Å². The zero-order valence-corrected chi connectivity index (χ0v) is 19.2. The van der Waals surface area contributed by atoms with Gasteiger partial charge in [-0.3, -0.25) is 19.5 Å². The number of aromatic nitrogens is 3. The standard InChI is InChI=1S/C23H27N5O2S/c1-6-23(4,5)25-21(29)20(17-11-7-8-13-24-17)28(22(30)18-14-31-27-26-18)19-12-9-10-15(2)16(19)3/h7-14,20H,6H2,1-5H3,(H,25,29)/t20-/m0/s1. The third kappa shape index (κ3) is 4.96. The highest BCUT2D eigenvalue weighted by Gasteiger charge is 2.37. The van der Waals surface area contributed by atoms with Crippen molar-refractivity contribution in [2.45, 2.75) is 52.6 Å². The maximum absolute atomic E-state index is 13.6. The maximum atomic E-state index is 13.6. The number of hydrogen-bond donors (Lipinski definition) is 1. The van der Waals surface area contributed by atoms with Crippen molar-refractivity contribution < 1.29 is 9.59 Å². The highest BCUT2D eigenvalue weighted by Crippen LogP contribution is 2.33. The summed E-state index contributed by atoms with van der Waals surface area (Å²) in [5, 5.41) is 8.64. The molecule has 0 bridgehead atoms. The second-order valence-corrected chi connectivity index (χ2v) is 8.68. The topological polar surface area (TPSA) is 88.1 Å². The van der Waals surface area contributed by atoms with Gasteiger partial charge in [0.15, 0.2) is 11.7 Å². The zero-order valence-electron chi connectivity index (χ0n) is 18.4. The van der Waals surface area contributed by atoms with Crippen LogP contribution in [0, 0.1) is 13.8 Å². The molecule has 8 heteroatoms. The molecule has 0 aliphatic carbocycles. The number of amides is 2. The first-order chi connectivity index (χ1) is 14.7. The average Bonchev–Trinajstić information content (AvgIpc) is 3.29. The Bertz CT molecular complexity index is 1050. The lowest BCUT2D eigenvalue weighted by Gasteiger charge is -2.34. The minimum absolute atomic E-state index is 0.189. The molecular formula is C23H27N5O2S. The van der Waals surface area contributed by atoms with E-state index in [2.05, 4.69) is 19.9 Å². The van der Waals surface area contributed by atoms with Crippen molar-refractivity contribution in [2.75, 3.05) is 4.90 Å². The van der Waals surface area contributed by atoms with E-state index in [1.165, 1.54) is 4.90 Å². The predicted octanol–water partition coefficient (Wildman–Crippen LogP) is 4.24. The van der Waals surface area contributed by atoms with Crippen molar-refractivity contribution in [3.63, 3.8) is 0 Å². The molecule has 1 N–H and O–H groups in total. The van der Waals surface area contributed by atoms with E-state index < -0.39 is 17.5 Å². The molecule has 0 radical (unpaired) electrons. The van der Waals surface area contributed by atoms with E-state index >= 15 is 0 Å². The second kappa shape index (κ2) is 9.34. The Morgan fingerprint density at radius 3 is 2.55 bits per heavy atom. The maximum Gasteiger partial charge on any atom is 0.280 e. The largest absolute Gasteiger partial charge is 0.349 e. The van der Waals surface area contributed by atoms with Gasteiger partial charge in [-0.05, 0) is 75.0 Å². The molecule has 0 fully saturated rings. The van der Waals surface area contributed by atoms with Gasteiger partial charge in [0.1, 0.15) is 0 Å². The number of carbonyl (C=O) groups is 2. The van der Waals surface area contributed by atoms with E-state index in [4.69, 9.17) is 0 Å². The summed E-state index contributed by atoms with van der Waals surface area (Å²) in [4.78, 5) is 33.2. The molecule has 0 spiro atoms. The first kappa shape index (κ1) is 22.6. The fraction of sp³-hybridized carbons (Fsp3) is 0.348. The number of carbonyl (C=O) groups excluding carboxylic acids is 2. The van der Waals surface area contributed by atoms with E-state index in [1.807, 2.05) is 58.9 Å². The molecule has 162 valence electrons. The van der Waals surface area contributed by atoms with Crippen molar-refractivity contribution in [3.05, 3.63) is 70.5 Å². The molecule has 0 aliphatic rings. The van der Waals surface area contributed by atoms with Gasteiger partial charge in [0.05, 0.1) is 5.69 Å². The number of hydrogen-bond acceptors (Lipinski definition) is 6. The van der Waals surface area contributed by atoms with Gasteiger partial charge in [0.2, 0.25) is 5.91 Å². The second-order valence-electron chi connectivity index (χ2n) is 8.07. The Hall–Kier alpha value is -3.13. The van der Waals surface area contributed by atoms with Gasteiger partial charge in [-0.15, -0.1) is 5.10 Å². The fourth-order valence-electron chi connectivity index (χ4n) is 3.16. The van der Waals surface area contributed by atoms with Crippen LogP contribution in [0.3, 0.4) is 0 Å². The van der Waals surface area contributed by atoms with Gasteiger partial charge in [-0.25, -0.2) is 0 Å². The molecule has 0 saturated carbocycles. The normalized spacial score (nSPS) is 12.3. The van der Waals surface area contributed by atoms with E-state index in [1.54, 1.807) is 23.7 Å². The van der Waals surface area contributed by atoms with Gasteiger partial charge >= 0.3 is 0 Å². The summed E-state index contributed by atoms with van der Waals surface area (Å²) in [6, 6.07) is 10.1. The monoisotopic (exact) mass is 437 g/mol. The summed E-state index contributed by atoms with van der Waals surface area (Å²) in [5.74, 6) is -0.703. The lowest BCUT2D eigenvalue weighted by atomic mass is 9.99. The van der Waals surface area contributed by atoms with Crippen molar-refractivity contribution in [1.29, 1.82) is 0 Å². The van der Waals surface area contributed by atoms with Crippen LogP contribution in [0.5, 0.6) is 0 Å². The molecule has 2 heterocycles. The van der Waals surface area contributed by atoms with Crippen LogP contribution in [0.2, 0.25) is 0 Å². The van der Waals surface area contributed by atoms with Crippen LogP contribution in [0.15, 0.2) is 48.0 Å². The molecule has 0 aliphatic heterocycles.